The fraction of sp³-hybridized carbons (Fsp3) is 0.625. The van der Waals surface area contributed by atoms with Gasteiger partial charge in [0, 0.05) is 31.9 Å². The van der Waals surface area contributed by atoms with Crippen LogP contribution in [0.2, 0.25) is 0 Å². The molecule has 1 aromatic carbocycles. The Kier molecular flexibility index (Phi) is 3.50. The monoisotopic (exact) mass is 260 g/mol. The molecule has 104 valence electrons. The van der Waals surface area contributed by atoms with Gasteiger partial charge in [-0.15, -0.1) is 0 Å². The molecule has 0 radical (unpaired) electrons. The zero-order chi connectivity index (χ0) is 13.3. The summed E-state index contributed by atoms with van der Waals surface area (Å²) in [5.41, 5.74) is 2.96. The number of fused-ring (bicyclic) bond motifs is 1. The molecule has 2 heterocycles. The van der Waals surface area contributed by atoms with Gasteiger partial charge in [-0.25, -0.2) is 0 Å². The Morgan fingerprint density at radius 1 is 1.37 bits per heavy atom. The number of hydrogen-bond donors (Lipinski definition) is 1. The third-order valence-electron chi connectivity index (χ3n) is 4.24. The Balaban J connectivity index is 1.61. The lowest BCUT2D eigenvalue weighted by molar-refractivity contribution is -0.0634. The molecule has 19 heavy (non-hydrogen) atoms. The number of hydrogen-bond acceptors (Lipinski definition) is 3. The molecule has 0 bridgehead atoms. The first-order valence-corrected chi connectivity index (χ1v) is 7.34. The Labute approximate surface area is 115 Å². The molecule has 3 heteroatoms. The molecule has 1 fully saturated rings. The number of benzene rings is 1. The lowest BCUT2D eigenvalue weighted by Crippen LogP contribution is -2.59. The van der Waals surface area contributed by atoms with Gasteiger partial charge in [0.2, 0.25) is 0 Å². The van der Waals surface area contributed by atoms with Crippen LogP contribution in [0.25, 0.3) is 0 Å². The molecule has 1 aromatic rings. The Morgan fingerprint density at radius 3 is 2.89 bits per heavy atom. The first kappa shape index (κ1) is 12.9. The van der Waals surface area contributed by atoms with Crippen LogP contribution in [0.15, 0.2) is 24.3 Å². The van der Waals surface area contributed by atoms with Gasteiger partial charge < -0.3 is 15.0 Å². The number of nitrogens with one attached hydrogen (secondary N) is 1. The highest BCUT2D eigenvalue weighted by molar-refractivity contribution is 5.55. The van der Waals surface area contributed by atoms with Gasteiger partial charge in [-0.3, -0.25) is 0 Å². The average Bonchev–Trinajstić information content (AvgIpc) is 2.36. The molecule has 2 aliphatic rings. The molecule has 0 saturated carbocycles. The summed E-state index contributed by atoms with van der Waals surface area (Å²) in [4.78, 5) is 2.49. The molecule has 0 amide bonds. The van der Waals surface area contributed by atoms with E-state index in [0.717, 1.165) is 38.7 Å². The van der Waals surface area contributed by atoms with Crippen LogP contribution in [0, 0.1) is 5.92 Å². The van der Waals surface area contributed by atoms with Crippen molar-refractivity contribution >= 4 is 5.69 Å². The van der Waals surface area contributed by atoms with E-state index in [9.17, 15) is 0 Å². The SMILES string of the molecule is CC1Cc2ccccc2N(CCOC2(C)CNC2)C1. The van der Waals surface area contributed by atoms with E-state index >= 15 is 0 Å². The van der Waals surface area contributed by atoms with Gasteiger partial charge in [0.05, 0.1) is 12.2 Å². The molecule has 1 atom stereocenters. The van der Waals surface area contributed by atoms with Crippen LogP contribution in [0.3, 0.4) is 0 Å². The maximum Gasteiger partial charge on any atom is 0.0902 e. The van der Waals surface area contributed by atoms with E-state index in [-0.39, 0.29) is 5.60 Å². The van der Waals surface area contributed by atoms with Crippen molar-refractivity contribution in [2.75, 3.05) is 37.7 Å². The normalized spacial score (nSPS) is 24.7. The standard InChI is InChI=1S/C16H24N2O/c1-13-9-14-5-3-4-6-15(14)18(10-13)7-8-19-16(2)11-17-12-16/h3-6,13,17H,7-12H2,1-2H3. The second-order valence-electron chi connectivity index (χ2n) is 6.29. The van der Waals surface area contributed by atoms with Crippen LogP contribution in [-0.2, 0) is 11.2 Å². The van der Waals surface area contributed by atoms with E-state index in [0.29, 0.717) is 0 Å². The molecule has 3 nitrogen and oxygen atoms in total. The highest BCUT2D eigenvalue weighted by Crippen LogP contribution is 2.29. The van der Waals surface area contributed by atoms with Crippen molar-refractivity contribution < 1.29 is 4.74 Å². The largest absolute Gasteiger partial charge is 0.371 e. The molecular formula is C16H24N2O. The highest BCUT2D eigenvalue weighted by atomic mass is 16.5. The maximum absolute atomic E-state index is 6.01. The second kappa shape index (κ2) is 5.14. The zero-order valence-electron chi connectivity index (χ0n) is 12.0. The Bertz CT molecular complexity index is 442. The van der Waals surface area contributed by atoms with Gasteiger partial charge in [0.1, 0.15) is 0 Å². The van der Waals surface area contributed by atoms with Crippen LogP contribution < -0.4 is 10.2 Å². The summed E-state index contributed by atoms with van der Waals surface area (Å²) in [5.74, 6) is 0.732. The van der Waals surface area contributed by atoms with E-state index in [1.807, 2.05) is 0 Å². The van der Waals surface area contributed by atoms with Crippen molar-refractivity contribution in [3.8, 4) is 0 Å². The van der Waals surface area contributed by atoms with Gasteiger partial charge in [-0.05, 0) is 30.9 Å². The molecule has 2 aliphatic heterocycles. The van der Waals surface area contributed by atoms with Gasteiger partial charge in [-0.1, -0.05) is 25.1 Å². The van der Waals surface area contributed by atoms with Crippen molar-refractivity contribution in [3.63, 3.8) is 0 Å². The highest BCUT2D eigenvalue weighted by Gasteiger charge is 2.32. The number of nitrogens with zero attached hydrogens (tertiary/aromatic N) is 1. The summed E-state index contributed by atoms with van der Waals surface area (Å²) < 4.78 is 6.01. The minimum atomic E-state index is 0.0704. The van der Waals surface area contributed by atoms with E-state index in [1.54, 1.807) is 0 Å². The summed E-state index contributed by atoms with van der Waals surface area (Å²) in [6.45, 7) is 9.46. The van der Waals surface area contributed by atoms with Crippen LogP contribution in [-0.4, -0.2) is 38.4 Å². The second-order valence-corrected chi connectivity index (χ2v) is 6.29. The van der Waals surface area contributed by atoms with Gasteiger partial charge in [0.15, 0.2) is 0 Å². The van der Waals surface area contributed by atoms with Gasteiger partial charge in [-0.2, -0.15) is 0 Å². The fourth-order valence-electron chi connectivity index (χ4n) is 3.10. The number of rotatable bonds is 4. The number of ether oxygens (including phenoxy) is 1. The lowest BCUT2D eigenvalue weighted by Gasteiger charge is -2.40. The molecule has 1 saturated heterocycles. The third kappa shape index (κ3) is 2.77. The fourth-order valence-corrected chi connectivity index (χ4v) is 3.10. The predicted molar refractivity (Wildman–Crippen MR) is 78.7 cm³/mol. The van der Waals surface area contributed by atoms with Crippen LogP contribution in [0.4, 0.5) is 5.69 Å². The summed E-state index contributed by atoms with van der Waals surface area (Å²) in [6, 6.07) is 8.79. The molecule has 1 N–H and O–H groups in total. The molecule has 0 spiro atoms. The van der Waals surface area contributed by atoms with E-state index in [2.05, 4.69) is 48.3 Å². The Hall–Kier alpha value is -1.06. The number of anilines is 1. The maximum atomic E-state index is 6.01. The van der Waals surface area contributed by atoms with E-state index in [1.165, 1.54) is 17.7 Å². The van der Waals surface area contributed by atoms with E-state index in [4.69, 9.17) is 4.74 Å². The number of para-hydroxylation sites is 1. The smallest absolute Gasteiger partial charge is 0.0902 e. The topological polar surface area (TPSA) is 24.5 Å². The van der Waals surface area contributed by atoms with Crippen LogP contribution in [0.5, 0.6) is 0 Å². The molecule has 0 aliphatic carbocycles. The van der Waals surface area contributed by atoms with Crippen LogP contribution >= 0.6 is 0 Å². The van der Waals surface area contributed by atoms with E-state index < -0.39 is 0 Å². The summed E-state index contributed by atoms with van der Waals surface area (Å²) in [7, 11) is 0. The first-order chi connectivity index (χ1) is 9.16. The molecule has 1 unspecified atom stereocenters. The first-order valence-electron chi connectivity index (χ1n) is 7.34. The average molecular weight is 260 g/mol. The summed E-state index contributed by atoms with van der Waals surface area (Å²) in [5, 5.41) is 3.27. The van der Waals surface area contributed by atoms with Crippen molar-refractivity contribution in [1.29, 1.82) is 0 Å². The zero-order valence-corrected chi connectivity index (χ0v) is 12.0. The van der Waals surface area contributed by atoms with Crippen molar-refractivity contribution in [3.05, 3.63) is 29.8 Å². The summed E-state index contributed by atoms with van der Waals surface area (Å²) >= 11 is 0. The third-order valence-corrected chi connectivity index (χ3v) is 4.24. The molecular weight excluding hydrogens is 236 g/mol. The Morgan fingerprint density at radius 2 is 2.16 bits per heavy atom. The molecule has 3 rings (SSSR count). The van der Waals surface area contributed by atoms with Crippen molar-refractivity contribution in [2.45, 2.75) is 25.9 Å². The van der Waals surface area contributed by atoms with Crippen molar-refractivity contribution in [2.24, 2.45) is 5.92 Å². The van der Waals surface area contributed by atoms with Crippen LogP contribution in [0.1, 0.15) is 19.4 Å². The van der Waals surface area contributed by atoms with Gasteiger partial charge in [0.25, 0.3) is 0 Å². The van der Waals surface area contributed by atoms with Crippen molar-refractivity contribution in [1.82, 2.24) is 5.32 Å². The minimum absolute atomic E-state index is 0.0704. The predicted octanol–water partition coefficient (Wildman–Crippen LogP) is 2.06. The minimum Gasteiger partial charge on any atom is -0.371 e. The quantitative estimate of drug-likeness (QED) is 0.897. The lowest BCUT2D eigenvalue weighted by atomic mass is 9.94. The van der Waals surface area contributed by atoms with Gasteiger partial charge >= 0.3 is 0 Å². The molecule has 0 aromatic heterocycles. The summed E-state index contributed by atoms with van der Waals surface area (Å²) in [6.07, 6.45) is 1.20.